The van der Waals surface area contributed by atoms with Gasteiger partial charge in [0.15, 0.2) is 0 Å². The van der Waals surface area contributed by atoms with E-state index < -0.39 is 10.1 Å². The van der Waals surface area contributed by atoms with E-state index in [1.54, 1.807) is 13.4 Å². The van der Waals surface area contributed by atoms with Crippen molar-refractivity contribution in [2.24, 2.45) is 0 Å². The topological polar surface area (TPSA) is 38.3 Å². The van der Waals surface area contributed by atoms with E-state index in [0.29, 0.717) is 0 Å². The molecule has 0 atom stereocenters. The van der Waals surface area contributed by atoms with E-state index in [9.17, 15) is 4.21 Å². The molecule has 0 saturated heterocycles. The monoisotopic (exact) mass is 265 g/mol. The molecule has 1 N–H and O–H groups in total. The number of rotatable bonds is 1. The fraction of sp³-hybridized carbons (Fsp3) is 0.250. The van der Waals surface area contributed by atoms with Crippen LogP contribution in [0.1, 0.15) is 0 Å². The van der Waals surface area contributed by atoms with Crippen molar-refractivity contribution in [3.8, 4) is 5.75 Å². The van der Waals surface area contributed by atoms with Gasteiger partial charge in [-0.15, -0.1) is 0 Å². The Bertz CT molecular complexity index is 394. The van der Waals surface area contributed by atoms with Crippen LogP contribution in [0.15, 0.2) is 23.1 Å². The predicted octanol–water partition coefficient (Wildman–Crippen LogP) is -0.537. The molecule has 0 spiro atoms. The van der Waals surface area contributed by atoms with Crippen molar-refractivity contribution in [1.82, 2.24) is 3.74 Å². The zero-order valence-electron chi connectivity index (χ0n) is 7.40. The van der Waals surface area contributed by atoms with Gasteiger partial charge in [0, 0.05) is 0 Å². The van der Waals surface area contributed by atoms with Crippen molar-refractivity contribution in [2.45, 2.75) is 4.90 Å². The fourth-order valence-corrected chi connectivity index (χ4v) is 6.85. The van der Waals surface area contributed by atoms with Crippen molar-refractivity contribution in [3.63, 3.8) is 0 Å². The van der Waals surface area contributed by atoms with E-state index in [2.05, 4.69) is 3.74 Å². The first-order valence-corrected chi connectivity index (χ1v) is 7.70. The molecule has 1 aromatic rings. The maximum absolute atomic E-state index is 11.9. The number of ether oxygens (including phenoxy) is 1. The Morgan fingerprint density at radius 3 is 3.00 bits per heavy atom. The molecule has 0 aromatic heterocycles. The van der Waals surface area contributed by atoms with Crippen LogP contribution in [0.25, 0.3) is 0 Å². The van der Waals surface area contributed by atoms with Gasteiger partial charge in [-0.3, -0.25) is 0 Å². The van der Waals surface area contributed by atoms with Crippen LogP contribution in [0.3, 0.4) is 0 Å². The van der Waals surface area contributed by atoms with E-state index in [4.69, 9.17) is 4.74 Å². The quantitative estimate of drug-likeness (QED) is 0.528. The molecule has 0 radical (unpaired) electrons. The molecule has 3 nitrogen and oxygen atoms in total. The molecule has 0 amide bonds. The fourth-order valence-electron chi connectivity index (χ4n) is 1.24. The molecule has 2 rings (SSSR count). The standard InChI is InChI=1S/C8H11NO2SSe/c1-11-6-3-4-7-8(5-6)13-9-12(7,2)10/h3-5,12H,1-2H3,(H,9,10). The second kappa shape index (κ2) is 3.10. The summed E-state index contributed by atoms with van der Waals surface area (Å²) in [7, 11) is -0.600. The molecular weight excluding hydrogens is 253 g/mol. The molecule has 0 unspecified atom stereocenters. The molecule has 1 aromatic carbocycles. The second-order valence-corrected chi connectivity index (χ2v) is 7.96. The van der Waals surface area contributed by atoms with Gasteiger partial charge in [-0.05, 0) is 0 Å². The van der Waals surface area contributed by atoms with Crippen molar-refractivity contribution in [1.29, 1.82) is 0 Å². The summed E-state index contributed by atoms with van der Waals surface area (Å²) in [5.74, 6) is 0.837. The average molecular weight is 264 g/mol. The van der Waals surface area contributed by atoms with E-state index >= 15 is 0 Å². The third-order valence-electron chi connectivity index (χ3n) is 1.96. The number of thiol groups is 1. The van der Waals surface area contributed by atoms with Crippen LogP contribution in [0.4, 0.5) is 0 Å². The average Bonchev–Trinajstić information content (AvgIpc) is 2.42. The Morgan fingerprint density at radius 1 is 1.54 bits per heavy atom. The molecule has 1 aliphatic rings. The summed E-state index contributed by atoms with van der Waals surface area (Å²) < 4.78 is 21.2. The van der Waals surface area contributed by atoms with Gasteiger partial charge in [0.2, 0.25) is 0 Å². The number of nitrogens with one attached hydrogen (secondary N) is 1. The van der Waals surface area contributed by atoms with Gasteiger partial charge in [-0.2, -0.15) is 0 Å². The van der Waals surface area contributed by atoms with E-state index in [1.807, 2.05) is 18.2 Å². The summed E-state index contributed by atoms with van der Waals surface area (Å²) in [4.78, 5) is 0.966. The third-order valence-corrected chi connectivity index (χ3v) is 7.98. The van der Waals surface area contributed by atoms with Gasteiger partial charge < -0.3 is 0 Å². The second-order valence-electron chi connectivity index (χ2n) is 2.95. The molecular formula is C8H11NO2SSe. The Hall–Kier alpha value is -0.351. The Morgan fingerprint density at radius 2 is 2.31 bits per heavy atom. The SMILES string of the molecule is COc1ccc2c(c1)[Se]N[SH]2(C)=O. The summed E-state index contributed by atoms with van der Waals surface area (Å²) in [5, 5.41) is 0. The van der Waals surface area contributed by atoms with Crippen molar-refractivity contribution in [3.05, 3.63) is 18.2 Å². The van der Waals surface area contributed by atoms with Crippen molar-refractivity contribution < 1.29 is 8.95 Å². The number of hydrogen-bond acceptors (Lipinski definition) is 2. The first-order chi connectivity index (χ1) is 6.13. The molecule has 0 fully saturated rings. The summed E-state index contributed by atoms with van der Waals surface area (Å²) in [5.41, 5.74) is 0. The first kappa shape index (κ1) is 9.21. The maximum atomic E-state index is 11.9. The van der Waals surface area contributed by atoms with Gasteiger partial charge in [0.1, 0.15) is 0 Å². The molecule has 1 aliphatic heterocycles. The number of methoxy groups -OCH3 is 1. The Kier molecular flexibility index (Phi) is 2.20. The third kappa shape index (κ3) is 1.53. The number of benzene rings is 1. The van der Waals surface area contributed by atoms with Gasteiger partial charge in [0.05, 0.1) is 0 Å². The molecule has 0 bridgehead atoms. The van der Waals surface area contributed by atoms with Crippen LogP contribution in [0.5, 0.6) is 5.75 Å². The van der Waals surface area contributed by atoms with Gasteiger partial charge in [-0.1, -0.05) is 0 Å². The van der Waals surface area contributed by atoms with Crippen molar-refractivity contribution in [2.75, 3.05) is 13.4 Å². The number of fused-ring (bicyclic) bond motifs is 1. The van der Waals surface area contributed by atoms with Crippen LogP contribution in [0, 0.1) is 0 Å². The zero-order chi connectivity index (χ0) is 9.47. The molecule has 1 heterocycles. The van der Waals surface area contributed by atoms with Crippen LogP contribution < -0.4 is 12.9 Å². The number of hydrogen-bond donors (Lipinski definition) is 2. The van der Waals surface area contributed by atoms with Gasteiger partial charge >= 0.3 is 84.6 Å². The van der Waals surface area contributed by atoms with E-state index in [-0.39, 0.29) is 15.2 Å². The minimum atomic E-state index is -2.24. The van der Waals surface area contributed by atoms with Crippen LogP contribution >= 0.6 is 0 Å². The summed E-state index contributed by atoms with van der Waals surface area (Å²) in [6, 6.07) is 5.72. The van der Waals surface area contributed by atoms with Gasteiger partial charge in [0.25, 0.3) is 0 Å². The zero-order valence-corrected chi connectivity index (χ0v) is 10.0. The predicted molar refractivity (Wildman–Crippen MR) is 55.2 cm³/mol. The Balaban J connectivity index is 2.53. The van der Waals surface area contributed by atoms with E-state index in [1.165, 1.54) is 0 Å². The summed E-state index contributed by atoms with van der Waals surface area (Å²) in [6.07, 6.45) is 1.77. The molecule has 0 aliphatic carbocycles. The first-order valence-electron chi connectivity index (χ1n) is 3.84. The summed E-state index contributed by atoms with van der Waals surface area (Å²) >= 11 is 0.133. The van der Waals surface area contributed by atoms with Crippen LogP contribution in [0.2, 0.25) is 0 Å². The van der Waals surface area contributed by atoms with Gasteiger partial charge in [-0.25, -0.2) is 0 Å². The molecule has 13 heavy (non-hydrogen) atoms. The molecule has 72 valence electrons. The van der Waals surface area contributed by atoms with E-state index in [0.717, 1.165) is 15.1 Å². The molecule has 0 saturated carbocycles. The summed E-state index contributed by atoms with van der Waals surface area (Å²) in [6.45, 7) is 0. The Labute approximate surface area is 84.8 Å². The normalized spacial score (nSPS) is 20.8. The van der Waals surface area contributed by atoms with Crippen molar-refractivity contribution >= 4 is 29.8 Å². The van der Waals surface area contributed by atoms with Crippen LogP contribution in [-0.4, -0.2) is 32.7 Å². The molecule has 5 heteroatoms. The van der Waals surface area contributed by atoms with Crippen LogP contribution in [-0.2, 0) is 10.1 Å². The minimum absolute atomic E-state index is 0.133.